The maximum Gasteiger partial charge on any atom is 0.185 e. The summed E-state index contributed by atoms with van der Waals surface area (Å²) in [6, 6.07) is 0. The van der Waals surface area contributed by atoms with Crippen molar-refractivity contribution in [3.8, 4) is 0 Å². The van der Waals surface area contributed by atoms with Gasteiger partial charge in [-0.3, -0.25) is 4.99 Å². The lowest BCUT2D eigenvalue weighted by atomic mass is 9.84. The molecule has 90 valence electrons. The van der Waals surface area contributed by atoms with E-state index in [1.807, 2.05) is 18.2 Å². The molecule has 1 unspecified atom stereocenters. The highest BCUT2D eigenvalue weighted by molar-refractivity contribution is 5.75. The van der Waals surface area contributed by atoms with Gasteiger partial charge in [0.2, 0.25) is 0 Å². The molecule has 4 N–H and O–H groups in total. The Morgan fingerprint density at radius 3 is 1.75 bits per heavy atom. The molecule has 16 heavy (non-hydrogen) atoms. The fourth-order valence-electron chi connectivity index (χ4n) is 1.76. The number of rotatable bonds is 9. The first-order chi connectivity index (χ1) is 7.65. The number of allylic oxidation sites excluding steroid dienone is 3. The van der Waals surface area contributed by atoms with Crippen molar-refractivity contribution in [1.29, 1.82) is 0 Å². The van der Waals surface area contributed by atoms with Crippen LogP contribution >= 0.6 is 0 Å². The molecule has 0 aromatic carbocycles. The molecule has 0 rings (SSSR count). The minimum absolute atomic E-state index is 0.144. The van der Waals surface area contributed by atoms with Crippen molar-refractivity contribution < 1.29 is 0 Å². The lowest BCUT2D eigenvalue weighted by Crippen LogP contribution is -2.25. The van der Waals surface area contributed by atoms with Gasteiger partial charge in [-0.15, -0.1) is 19.7 Å². The maximum absolute atomic E-state index is 5.35. The molecule has 1 atom stereocenters. The summed E-state index contributed by atoms with van der Waals surface area (Å²) in [7, 11) is 0. The predicted octanol–water partition coefficient (Wildman–Crippen LogP) is 2.22. The van der Waals surface area contributed by atoms with E-state index in [9.17, 15) is 0 Å². The van der Waals surface area contributed by atoms with E-state index in [1.165, 1.54) is 0 Å². The van der Waals surface area contributed by atoms with Gasteiger partial charge >= 0.3 is 0 Å². The molecule has 0 saturated heterocycles. The van der Waals surface area contributed by atoms with Crippen LogP contribution in [0.15, 0.2) is 43.0 Å². The number of hydrogen-bond donors (Lipinski definition) is 2. The fraction of sp³-hybridized carbons (Fsp3) is 0.462. The van der Waals surface area contributed by atoms with Crippen LogP contribution in [-0.4, -0.2) is 12.5 Å². The van der Waals surface area contributed by atoms with Crippen LogP contribution in [0.2, 0.25) is 0 Å². The Morgan fingerprint density at radius 1 is 0.938 bits per heavy atom. The van der Waals surface area contributed by atoms with Crippen LogP contribution in [0, 0.1) is 11.8 Å². The second-order valence-corrected chi connectivity index (χ2v) is 3.86. The van der Waals surface area contributed by atoms with E-state index < -0.39 is 0 Å². The van der Waals surface area contributed by atoms with Crippen LogP contribution in [0.5, 0.6) is 0 Å². The van der Waals surface area contributed by atoms with Gasteiger partial charge in [-0.1, -0.05) is 18.2 Å². The number of guanidine groups is 1. The van der Waals surface area contributed by atoms with Crippen LogP contribution in [0.1, 0.15) is 19.3 Å². The van der Waals surface area contributed by atoms with Crippen LogP contribution < -0.4 is 11.5 Å². The highest BCUT2D eigenvalue weighted by atomic mass is 15.0. The van der Waals surface area contributed by atoms with Crippen molar-refractivity contribution in [2.75, 3.05) is 6.54 Å². The van der Waals surface area contributed by atoms with Gasteiger partial charge in [-0.25, -0.2) is 0 Å². The molecule has 0 spiro atoms. The number of nitrogens with zero attached hydrogens (tertiary/aromatic N) is 1. The molecule has 3 heteroatoms. The van der Waals surface area contributed by atoms with Crippen LogP contribution in [0.25, 0.3) is 0 Å². The zero-order valence-corrected chi connectivity index (χ0v) is 9.94. The quantitative estimate of drug-likeness (QED) is 0.356. The minimum atomic E-state index is 0.144. The second-order valence-electron chi connectivity index (χ2n) is 3.86. The van der Waals surface area contributed by atoms with Gasteiger partial charge in [0.15, 0.2) is 5.96 Å². The molecule has 0 aromatic rings. The fourth-order valence-corrected chi connectivity index (χ4v) is 1.76. The van der Waals surface area contributed by atoms with Crippen molar-refractivity contribution >= 4 is 5.96 Å². The van der Waals surface area contributed by atoms with E-state index in [2.05, 4.69) is 24.7 Å². The second kappa shape index (κ2) is 8.77. The molecule has 3 nitrogen and oxygen atoms in total. The molecule has 0 radical (unpaired) electrons. The molecule has 0 aliphatic rings. The molecule has 0 heterocycles. The Kier molecular flexibility index (Phi) is 7.94. The van der Waals surface area contributed by atoms with Crippen molar-refractivity contribution in [2.45, 2.75) is 19.3 Å². The smallest absolute Gasteiger partial charge is 0.185 e. The lowest BCUT2D eigenvalue weighted by Gasteiger charge is -2.22. The molecule has 0 aromatic heterocycles. The average Bonchev–Trinajstić information content (AvgIpc) is 2.24. The summed E-state index contributed by atoms with van der Waals surface area (Å²) in [6.45, 7) is 12.0. The van der Waals surface area contributed by atoms with Gasteiger partial charge in [-0.2, -0.15) is 0 Å². The third-order valence-corrected chi connectivity index (χ3v) is 2.58. The number of hydrogen-bond acceptors (Lipinski definition) is 1. The summed E-state index contributed by atoms with van der Waals surface area (Å²) in [6.07, 6.45) is 8.57. The summed E-state index contributed by atoms with van der Waals surface area (Å²) in [4.78, 5) is 4.08. The van der Waals surface area contributed by atoms with Crippen molar-refractivity contribution in [1.82, 2.24) is 0 Å². The largest absolute Gasteiger partial charge is 0.370 e. The predicted molar refractivity (Wildman–Crippen MR) is 72.1 cm³/mol. The van der Waals surface area contributed by atoms with E-state index >= 15 is 0 Å². The van der Waals surface area contributed by atoms with Crippen molar-refractivity contribution in [2.24, 2.45) is 28.3 Å². The number of aliphatic imine (C=N–C) groups is 1. The Hall–Kier alpha value is -1.51. The molecular formula is C13H23N3. The highest BCUT2D eigenvalue weighted by Crippen LogP contribution is 2.24. The summed E-state index contributed by atoms with van der Waals surface area (Å²) >= 11 is 0. The molecule has 0 aliphatic heterocycles. The summed E-state index contributed by atoms with van der Waals surface area (Å²) in [5.74, 6) is 1.02. The van der Waals surface area contributed by atoms with Gasteiger partial charge in [0.25, 0.3) is 0 Å². The lowest BCUT2D eigenvalue weighted by molar-refractivity contribution is 0.348. The third-order valence-electron chi connectivity index (χ3n) is 2.58. The van der Waals surface area contributed by atoms with Crippen molar-refractivity contribution in [3.63, 3.8) is 0 Å². The third kappa shape index (κ3) is 6.06. The SMILES string of the molecule is C=CCC(CC=C)C(CC=C)CN=C(N)N. The summed E-state index contributed by atoms with van der Waals surface area (Å²) < 4.78 is 0. The molecule has 0 aliphatic carbocycles. The Labute approximate surface area is 98.6 Å². The van der Waals surface area contributed by atoms with E-state index in [4.69, 9.17) is 11.5 Å². The summed E-state index contributed by atoms with van der Waals surface area (Å²) in [5, 5.41) is 0. The Morgan fingerprint density at radius 2 is 1.38 bits per heavy atom. The first-order valence-electron chi connectivity index (χ1n) is 5.53. The minimum Gasteiger partial charge on any atom is -0.370 e. The monoisotopic (exact) mass is 221 g/mol. The number of nitrogens with two attached hydrogens (primary N) is 2. The van der Waals surface area contributed by atoms with Gasteiger partial charge < -0.3 is 11.5 Å². The topological polar surface area (TPSA) is 64.4 Å². The maximum atomic E-state index is 5.35. The van der Waals surface area contributed by atoms with Gasteiger partial charge in [0.1, 0.15) is 0 Å². The van der Waals surface area contributed by atoms with Crippen molar-refractivity contribution in [3.05, 3.63) is 38.0 Å². The van der Waals surface area contributed by atoms with E-state index in [1.54, 1.807) is 0 Å². The highest BCUT2D eigenvalue weighted by Gasteiger charge is 2.17. The zero-order chi connectivity index (χ0) is 12.4. The van der Waals surface area contributed by atoms with Crippen LogP contribution in [0.4, 0.5) is 0 Å². The Bertz CT molecular complexity index is 242. The molecule has 0 amide bonds. The van der Waals surface area contributed by atoms with Crippen LogP contribution in [0.3, 0.4) is 0 Å². The zero-order valence-electron chi connectivity index (χ0n) is 9.94. The first-order valence-corrected chi connectivity index (χ1v) is 5.53. The Balaban J connectivity index is 4.53. The van der Waals surface area contributed by atoms with Gasteiger partial charge in [-0.05, 0) is 31.1 Å². The van der Waals surface area contributed by atoms with E-state index in [0.29, 0.717) is 18.4 Å². The standard InChI is InChI=1S/C13H23N3/c1-4-7-11(8-5-2)12(9-6-3)10-16-13(14)15/h4-6,11-12H,1-3,7-10H2,(H4,14,15,16). The molecule has 0 fully saturated rings. The molecular weight excluding hydrogens is 198 g/mol. The molecule has 0 bridgehead atoms. The average molecular weight is 221 g/mol. The first kappa shape index (κ1) is 14.5. The van der Waals surface area contributed by atoms with Crippen LogP contribution in [-0.2, 0) is 0 Å². The van der Waals surface area contributed by atoms with E-state index in [-0.39, 0.29) is 5.96 Å². The normalized spacial score (nSPS) is 11.8. The summed E-state index contributed by atoms with van der Waals surface area (Å²) in [5.41, 5.74) is 10.7. The van der Waals surface area contributed by atoms with Gasteiger partial charge in [0.05, 0.1) is 0 Å². The van der Waals surface area contributed by atoms with E-state index in [0.717, 1.165) is 19.3 Å². The molecule has 0 saturated carbocycles. The van der Waals surface area contributed by atoms with Gasteiger partial charge in [0, 0.05) is 6.54 Å².